The van der Waals surface area contributed by atoms with Crippen LogP contribution in [0.25, 0.3) is 17.4 Å². The van der Waals surface area contributed by atoms with Crippen LogP contribution in [0.5, 0.6) is 11.5 Å². The van der Waals surface area contributed by atoms with Gasteiger partial charge in [0.2, 0.25) is 0 Å². The Hall–Kier alpha value is -4.70. The quantitative estimate of drug-likeness (QED) is 0.178. The van der Waals surface area contributed by atoms with Gasteiger partial charge in [-0.1, -0.05) is 36.4 Å². The number of nitrogens with zero attached hydrogens (tertiary/aromatic N) is 1. The number of thiocarbonyl (C=S) groups is 1. The summed E-state index contributed by atoms with van der Waals surface area (Å²) in [5, 5.41) is 2.34. The highest BCUT2D eigenvalue weighted by Gasteiger charge is 2.36. The van der Waals surface area contributed by atoms with E-state index >= 15 is 0 Å². The fraction of sp³-hybridized carbons (Fsp3) is 0.0357. The van der Waals surface area contributed by atoms with Crippen LogP contribution in [0.3, 0.4) is 0 Å². The first-order valence-corrected chi connectivity index (χ1v) is 11.6. The maximum Gasteiger partial charge on any atom is 0.417 e. The van der Waals surface area contributed by atoms with Gasteiger partial charge in [0.05, 0.1) is 11.3 Å². The first-order valence-electron chi connectivity index (χ1n) is 11.2. The molecule has 0 bridgehead atoms. The van der Waals surface area contributed by atoms with Gasteiger partial charge in [0, 0.05) is 5.56 Å². The van der Waals surface area contributed by atoms with Gasteiger partial charge in [-0.3, -0.25) is 19.8 Å². The van der Waals surface area contributed by atoms with Gasteiger partial charge in [-0.2, -0.15) is 13.2 Å². The predicted molar refractivity (Wildman–Crippen MR) is 138 cm³/mol. The lowest BCUT2D eigenvalue weighted by Gasteiger charge is -2.28. The van der Waals surface area contributed by atoms with Gasteiger partial charge in [0.1, 0.15) is 28.6 Å². The van der Waals surface area contributed by atoms with Crippen molar-refractivity contribution in [3.63, 3.8) is 0 Å². The van der Waals surface area contributed by atoms with Gasteiger partial charge < -0.3 is 9.15 Å². The summed E-state index contributed by atoms with van der Waals surface area (Å²) in [5.41, 5.74) is -0.945. The third-order valence-corrected chi connectivity index (χ3v) is 5.87. The van der Waals surface area contributed by atoms with Crippen molar-refractivity contribution in [2.24, 2.45) is 0 Å². The number of ether oxygens (including phenoxy) is 1. The molecule has 1 N–H and O–H groups in total. The van der Waals surface area contributed by atoms with Gasteiger partial charge >= 0.3 is 6.18 Å². The topological polar surface area (TPSA) is 71.8 Å². The average Bonchev–Trinajstić information content (AvgIpc) is 3.36. The molecule has 2 heterocycles. The van der Waals surface area contributed by atoms with E-state index in [0.717, 1.165) is 11.0 Å². The van der Waals surface area contributed by atoms with E-state index in [1.165, 1.54) is 36.4 Å². The minimum Gasteiger partial charge on any atom is -0.457 e. The van der Waals surface area contributed by atoms with E-state index in [-0.39, 0.29) is 27.8 Å². The Morgan fingerprint density at radius 1 is 0.842 bits per heavy atom. The minimum atomic E-state index is -4.58. The Balaban J connectivity index is 1.41. The summed E-state index contributed by atoms with van der Waals surface area (Å²) >= 11 is 5.22. The van der Waals surface area contributed by atoms with Crippen molar-refractivity contribution >= 4 is 40.9 Å². The number of amides is 2. The Kier molecular flexibility index (Phi) is 6.56. The zero-order chi connectivity index (χ0) is 26.9. The lowest BCUT2D eigenvalue weighted by molar-refractivity contribution is -0.137. The van der Waals surface area contributed by atoms with Crippen molar-refractivity contribution in [3.05, 3.63) is 108 Å². The molecule has 0 aliphatic carbocycles. The molecule has 4 aromatic rings. The van der Waals surface area contributed by atoms with Gasteiger partial charge in [-0.15, -0.1) is 0 Å². The SMILES string of the molecule is O=C1NC(=S)N(c2ccc(Oc3ccccc3)cc2)C(=O)/C1=C/c1ccc(-c2ccccc2C(F)(F)F)o1. The predicted octanol–water partition coefficient (Wildman–Crippen LogP) is 6.59. The van der Waals surface area contributed by atoms with E-state index < -0.39 is 23.6 Å². The van der Waals surface area contributed by atoms with Crippen molar-refractivity contribution in [1.29, 1.82) is 0 Å². The molecule has 6 nitrogen and oxygen atoms in total. The van der Waals surface area contributed by atoms with E-state index in [4.69, 9.17) is 21.4 Å². The van der Waals surface area contributed by atoms with Crippen molar-refractivity contribution in [1.82, 2.24) is 5.32 Å². The molecule has 0 saturated carbocycles. The molecular formula is C28H17F3N2O4S. The maximum absolute atomic E-state index is 13.4. The molecular weight excluding hydrogens is 517 g/mol. The summed E-state index contributed by atoms with van der Waals surface area (Å²) in [6.45, 7) is 0. The highest BCUT2D eigenvalue weighted by Crippen LogP contribution is 2.38. The lowest BCUT2D eigenvalue weighted by Crippen LogP contribution is -2.54. The zero-order valence-corrected chi connectivity index (χ0v) is 20.2. The van der Waals surface area contributed by atoms with Crippen LogP contribution in [0, 0.1) is 0 Å². The Labute approximate surface area is 219 Å². The van der Waals surface area contributed by atoms with Gasteiger partial charge in [0.25, 0.3) is 11.8 Å². The second kappa shape index (κ2) is 9.98. The molecule has 1 aromatic heterocycles. The Morgan fingerprint density at radius 2 is 1.50 bits per heavy atom. The van der Waals surface area contributed by atoms with Crippen LogP contribution in [0.15, 0.2) is 101 Å². The molecule has 190 valence electrons. The van der Waals surface area contributed by atoms with E-state index in [1.807, 2.05) is 18.2 Å². The van der Waals surface area contributed by atoms with Crippen LogP contribution in [-0.4, -0.2) is 16.9 Å². The zero-order valence-electron chi connectivity index (χ0n) is 19.4. The normalized spacial score (nSPS) is 15.1. The molecule has 1 fully saturated rings. The number of carbonyl (C=O) groups excluding carboxylic acids is 2. The largest absolute Gasteiger partial charge is 0.457 e. The molecule has 2 amide bonds. The number of hydrogen-bond acceptors (Lipinski definition) is 5. The molecule has 1 aliphatic rings. The number of carbonyl (C=O) groups is 2. The van der Waals surface area contributed by atoms with Crippen LogP contribution in [0.1, 0.15) is 11.3 Å². The van der Waals surface area contributed by atoms with E-state index in [9.17, 15) is 22.8 Å². The van der Waals surface area contributed by atoms with Crippen LogP contribution in [-0.2, 0) is 15.8 Å². The van der Waals surface area contributed by atoms with Crippen molar-refractivity contribution in [2.45, 2.75) is 6.18 Å². The summed E-state index contributed by atoms with van der Waals surface area (Å²) < 4.78 is 51.6. The molecule has 0 radical (unpaired) electrons. The van der Waals surface area contributed by atoms with Crippen LogP contribution in [0.4, 0.5) is 18.9 Å². The number of hydrogen-bond donors (Lipinski definition) is 1. The molecule has 1 saturated heterocycles. The minimum absolute atomic E-state index is 0.0230. The fourth-order valence-electron chi connectivity index (χ4n) is 3.84. The number of halogens is 3. The van der Waals surface area contributed by atoms with Gasteiger partial charge in [0.15, 0.2) is 5.11 Å². The smallest absolute Gasteiger partial charge is 0.417 e. The molecule has 10 heteroatoms. The number of para-hydroxylation sites is 1. The third kappa shape index (κ3) is 5.07. The highest BCUT2D eigenvalue weighted by atomic mass is 32.1. The van der Waals surface area contributed by atoms with Crippen molar-refractivity contribution in [3.8, 4) is 22.8 Å². The molecule has 0 atom stereocenters. The first-order chi connectivity index (χ1) is 18.2. The fourth-order valence-corrected chi connectivity index (χ4v) is 4.12. The molecule has 0 spiro atoms. The Morgan fingerprint density at radius 3 is 2.21 bits per heavy atom. The van der Waals surface area contributed by atoms with Crippen molar-refractivity contribution in [2.75, 3.05) is 4.90 Å². The number of rotatable bonds is 5. The van der Waals surface area contributed by atoms with E-state index in [1.54, 1.807) is 36.4 Å². The molecule has 0 unspecified atom stereocenters. The Bertz CT molecular complexity index is 1560. The number of alkyl halides is 3. The second-order valence-corrected chi connectivity index (χ2v) is 8.50. The summed E-state index contributed by atoms with van der Waals surface area (Å²) in [4.78, 5) is 27.0. The van der Waals surface area contributed by atoms with E-state index in [2.05, 4.69) is 5.32 Å². The standard InChI is InChI=1S/C28H17F3N2O4S/c29-28(30,31)23-9-5-4-8-21(23)24-15-14-20(37-24)16-22-25(34)32-27(38)33(26(22)35)17-10-12-19(13-11-17)36-18-6-2-1-3-7-18/h1-16H,(H,32,34,38)/b22-16+. The highest BCUT2D eigenvalue weighted by molar-refractivity contribution is 7.80. The molecule has 3 aromatic carbocycles. The number of nitrogens with one attached hydrogen (secondary N) is 1. The third-order valence-electron chi connectivity index (χ3n) is 5.59. The second-order valence-electron chi connectivity index (χ2n) is 8.11. The molecule has 5 rings (SSSR count). The van der Waals surface area contributed by atoms with E-state index in [0.29, 0.717) is 17.2 Å². The first kappa shape index (κ1) is 25.0. The summed E-state index contributed by atoms with van der Waals surface area (Å²) in [6, 6.07) is 23.3. The molecule has 1 aliphatic heterocycles. The molecule has 38 heavy (non-hydrogen) atoms. The van der Waals surface area contributed by atoms with Crippen LogP contribution >= 0.6 is 12.2 Å². The van der Waals surface area contributed by atoms with Crippen molar-refractivity contribution < 1.29 is 31.9 Å². The van der Waals surface area contributed by atoms with Gasteiger partial charge in [-0.05, 0) is 72.9 Å². The van der Waals surface area contributed by atoms with Crippen LogP contribution < -0.4 is 15.0 Å². The monoisotopic (exact) mass is 534 g/mol. The average molecular weight is 535 g/mol. The number of anilines is 1. The summed E-state index contributed by atoms with van der Waals surface area (Å²) in [7, 11) is 0. The van der Waals surface area contributed by atoms with Gasteiger partial charge in [-0.25, -0.2) is 0 Å². The summed E-state index contributed by atoms with van der Waals surface area (Å²) in [5.74, 6) is -0.349. The number of benzene rings is 3. The lowest BCUT2D eigenvalue weighted by atomic mass is 10.1. The van der Waals surface area contributed by atoms with Crippen LogP contribution in [0.2, 0.25) is 0 Å². The summed E-state index contributed by atoms with van der Waals surface area (Å²) in [6.07, 6.45) is -3.42. The maximum atomic E-state index is 13.4. The number of furan rings is 1.